The summed E-state index contributed by atoms with van der Waals surface area (Å²) in [4.78, 5) is 22.7. The van der Waals surface area contributed by atoms with Crippen molar-refractivity contribution in [3.63, 3.8) is 0 Å². The zero-order valence-corrected chi connectivity index (χ0v) is 21.1. The Morgan fingerprint density at radius 1 is 1.08 bits per heavy atom. The highest BCUT2D eigenvalue weighted by molar-refractivity contribution is 6.42. The van der Waals surface area contributed by atoms with Gasteiger partial charge in [0.1, 0.15) is 37.0 Å². The van der Waals surface area contributed by atoms with Crippen LogP contribution < -0.4 is 15.4 Å². The fourth-order valence-corrected chi connectivity index (χ4v) is 3.67. The van der Waals surface area contributed by atoms with E-state index in [9.17, 15) is 13.6 Å². The van der Waals surface area contributed by atoms with Crippen LogP contribution in [-0.2, 0) is 4.79 Å². The smallest absolute Gasteiger partial charge is 0.248 e. The number of aromatic nitrogens is 2. The Hall–Kier alpha value is -3.09. The molecule has 0 bridgehead atoms. The Bertz CT molecular complexity index is 1260. The van der Waals surface area contributed by atoms with E-state index in [0.29, 0.717) is 30.5 Å². The first-order valence-corrected chi connectivity index (χ1v) is 11.9. The molecule has 9 nitrogen and oxygen atoms in total. The third kappa shape index (κ3) is 7.94. The van der Waals surface area contributed by atoms with Crippen molar-refractivity contribution in [2.45, 2.75) is 0 Å². The molecule has 1 amide bonds. The predicted molar refractivity (Wildman–Crippen MR) is 139 cm³/mol. The van der Waals surface area contributed by atoms with Crippen LogP contribution in [0.15, 0.2) is 42.7 Å². The molecule has 1 heterocycles. The van der Waals surface area contributed by atoms with Crippen molar-refractivity contribution in [1.29, 1.82) is 0 Å². The average Bonchev–Trinajstić information content (AvgIpc) is 2.86. The topological polar surface area (TPSA) is 120 Å². The molecular weight excluding hydrogens is 531 g/mol. The molecule has 2 aromatic carbocycles. The number of alkyl halides is 1. The molecule has 0 saturated carbocycles. The summed E-state index contributed by atoms with van der Waals surface area (Å²) < 4.78 is 32.7. The quantitative estimate of drug-likeness (QED) is 0.185. The first-order valence-electron chi connectivity index (χ1n) is 11.2. The lowest BCUT2D eigenvalue weighted by Gasteiger charge is -2.17. The van der Waals surface area contributed by atoms with Crippen LogP contribution in [0.4, 0.5) is 26.0 Å². The predicted octanol–water partition coefficient (Wildman–Crippen LogP) is 3.95. The maximum Gasteiger partial charge on any atom is 0.248 e. The van der Waals surface area contributed by atoms with E-state index in [1.54, 1.807) is 11.0 Å². The molecule has 13 heteroatoms. The van der Waals surface area contributed by atoms with E-state index in [1.807, 2.05) is 0 Å². The third-order valence-electron chi connectivity index (χ3n) is 5.06. The number of ether oxygens (including phenoxy) is 1. The van der Waals surface area contributed by atoms with Gasteiger partial charge in [-0.05, 0) is 18.2 Å². The molecule has 0 radical (unpaired) electrons. The number of amides is 1. The van der Waals surface area contributed by atoms with Gasteiger partial charge in [-0.15, -0.1) is 0 Å². The van der Waals surface area contributed by atoms with Gasteiger partial charge in [0.05, 0.1) is 40.2 Å². The molecule has 3 aromatic rings. The highest BCUT2D eigenvalue weighted by Crippen LogP contribution is 2.35. The number of carbonyl (C=O) groups excluding carboxylic acids is 1. The molecule has 0 unspecified atom stereocenters. The fraction of sp³-hybridized carbons (Fsp3) is 0.292. The second-order valence-corrected chi connectivity index (χ2v) is 8.45. The Labute approximate surface area is 221 Å². The minimum atomic E-state index is -0.746. The van der Waals surface area contributed by atoms with Crippen molar-refractivity contribution in [3.8, 4) is 5.75 Å². The molecule has 4 N–H and O–H groups in total. The van der Waals surface area contributed by atoms with Crippen LogP contribution in [0.3, 0.4) is 0 Å². The fourth-order valence-electron chi connectivity index (χ4n) is 3.36. The molecule has 1 aromatic heterocycles. The van der Waals surface area contributed by atoms with Crippen molar-refractivity contribution < 1.29 is 28.5 Å². The average molecular weight is 556 g/mol. The van der Waals surface area contributed by atoms with E-state index in [4.69, 9.17) is 38.2 Å². The number of nitrogens with one attached hydrogen (secondary N) is 2. The summed E-state index contributed by atoms with van der Waals surface area (Å²) in [6, 6.07) is 5.41. The monoisotopic (exact) mass is 555 g/mol. The van der Waals surface area contributed by atoms with E-state index in [0.717, 1.165) is 6.07 Å². The van der Waals surface area contributed by atoms with Crippen molar-refractivity contribution in [3.05, 3.63) is 58.6 Å². The number of nitrogens with zero attached hydrogens (tertiary/aromatic N) is 3. The molecule has 0 aliphatic heterocycles. The van der Waals surface area contributed by atoms with E-state index in [-0.39, 0.29) is 52.8 Å². The zero-order chi connectivity index (χ0) is 26.8. The summed E-state index contributed by atoms with van der Waals surface area (Å²) in [5.74, 6) is -0.757. The second kappa shape index (κ2) is 14.0. The van der Waals surface area contributed by atoms with Gasteiger partial charge in [-0.3, -0.25) is 9.69 Å². The largest absolute Gasteiger partial charge is 0.489 e. The summed E-state index contributed by atoms with van der Waals surface area (Å²) in [5.41, 5.74) is 0.630. The van der Waals surface area contributed by atoms with Crippen molar-refractivity contribution in [1.82, 2.24) is 14.9 Å². The molecule has 0 saturated heterocycles. The van der Waals surface area contributed by atoms with E-state index in [2.05, 4.69) is 20.6 Å². The van der Waals surface area contributed by atoms with E-state index >= 15 is 0 Å². The van der Waals surface area contributed by atoms with Gasteiger partial charge in [0.25, 0.3) is 0 Å². The summed E-state index contributed by atoms with van der Waals surface area (Å²) in [6.07, 6.45) is 4.12. The summed E-state index contributed by atoms with van der Waals surface area (Å²) in [5, 5.41) is 24.3. The number of fused-ring (bicyclic) bond motifs is 1. The SMILES string of the molecule is O=C(C=CCN(CCO)CCO)Nc1cc2c(Nc3cc(Cl)c(Cl)cc3F)ncnc2cc1OCCF. The maximum absolute atomic E-state index is 14.4. The van der Waals surface area contributed by atoms with Gasteiger partial charge in [-0.1, -0.05) is 29.3 Å². The Balaban J connectivity index is 1.90. The van der Waals surface area contributed by atoms with Gasteiger partial charge in [-0.2, -0.15) is 0 Å². The number of halogens is 4. The summed E-state index contributed by atoms with van der Waals surface area (Å²) in [6.45, 7) is -0.153. The molecule has 0 atom stereocenters. The Morgan fingerprint density at radius 3 is 2.51 bits per heavy atom. The highest BCUT2D eigenvalue weighted by Gasteiger charge is 2.15. The van der Waals surface area contributed by atoms with E-state index in [1.165, 1.54) is 30.6 Å². The summed E-state index contributed by atoms with van der Waals surface area (Å²) in [7, 11) is 0. The maximum atomic E-state index is 14.4. The lowest BCUT2D eigenvalue weighted by atomic mass is 10.1. The minimum Gasteiger partial charge on any atom is -0.489 e. The van der Waals surface area contributed by atoms with Crippen LogP contribution in [-0.4, -0.2) is 77.1 Å². The number of anilines is 3. The molecule has 3 rings (SSSR count). The van der Waals surface area contributed by atoms with Gasteiger partial charge in [0, 0.05) is 37.2 Å². The lowest BCUT2D eigenvalue weighted by Crippen LogP contribution is -2.30. The first kappa shape index (κ1) is 28.5. The van der Waals surface area contributed by atoms with Gasteiger partial charge >= 0.3 is 0 Å². The molecule has 0 aliphatic rings. The number of aliphatic hydroxyl groups excluding tert-OH is 2. The van der Waals surface area contributed by atoms with Crippen LogP contribution in [0.5, 0.6) is 5.75 Å². The number of aliphatic hydroxyl groups is 2. The van der Waals surface area contributed by atoms with Crippen LogP contribution in [0.25, 0.3) is 10.9 Å². The van der Waals surface area contributed by atoms with Crippen molar-refractivity contribution >= 4 is 57.2 Å². The lowest BCUT2D eigenvalue weighted by molar-refractivity contribution is -0.111. The van der Waals surface area contributed by atoms with E-state index < -0.39 is 18.4 Å². The molecule has 0 aliphatic carbocycles. The van der Waals surface area contributed by atoms with Gasteiger partial charge in [0.2, 0.25) is 5.91 Å². The Kier molecular flexibility index (Phi) is 10.8. The molecule has 37 heavy (non-hydrogen) atoms. The van der Waals surface area contributed by atoms with Gasteiger partial charge < -0.3 is 25.6 Å². The molecule has 0 fully saturated rings. The van der Waals surface area contributed by atoms with Crippen LogP contribution in [0, 0.1) is 5.82 Å². The van der Waals surface area contributed by atoms with Gasteiger partial charge in [-0.25, -0.2) is 18.7 Å². The van der Waals surface area contributed by atoms with Crippen LogP contribution in [0.1, 0.15) is 0 Å². The van der Waals surface area contributed by atoms with Crippen molar-refractivity contribution in [2.24, 2.45) is 0 Å². The zero-order valence-electron chi connectivity index (χ0n) is 19.6. The standard InChI is InChI=1S/C24H25Cl2F2N5O4/c25-16-11-18(28)20(12-17(16)26)32-24-15-10-21(22(37-9-3-27)13-19(15)29-14-30-24)31-23(36)2-1-4-33(5-7-34)6-8-35/h1-2,10-14,34-35H,3-9H2,(H,31,36)(H,29,30,32). The van der Waals surface area contributed by atoms with Crippen LogP contribution in [0.2, 0.25) is 10.0 Å². The second-order valence-electron chi connectivity index (χ2n) is 7.64. The van der Waals surface area contributed by atoms with Gasteiger partial charge in [0.15, 0.2) is 0 Å². The number of hydrogen-bond acceptors (Lipinski definition) is 8. The van der Waals surface area contributed by atoms with Crippen molar-refractivity contribution in [2.75, 3.05) is 56.8 Å². The molecular formula is C24H25Cl2F2N5O4. The highest BCUT2D eigenvalue weighted by atomic mass is 35.5. The van der Waals surface area contributed by atoms with Crippen LogP contribution >= 0.6 is 23.2 Å². The number of benzene rings is 2. The number of carbonyl (C=O) groups is 1. The molecule has 198 valence electrons. The Morgan fingerprint density at radius 2 is 1.81 bits per heavy atom. The normalized spacial score (nSPS) is 11.4. The minimum absolute atomic E-state index is 0.0241. The third-order valence-corrected chi connectivity index (χ3v) is 5.78. The molecule has 0 spiro atoms. The number of rotatable bonds is 13. The first-order chi connectivity index (χ1) is 17.9. The number of hydrogen-bond donors (Lipinski definition) is 4. The summed E-state index contributed by atoms with van der Waals surface area (Å²) >= 11 is 11.9.